The number of nitrogens with one attached hydrogen (secondary N) is 1. The number of carbonyl (C=O) groups excluding carboxylic acids is 1. The van der Waals surface area contributed by atoms with Crippen LogP contribution in [0.3, 0.4) is 0 Å². The Hall–Kier alpha value is -1.95. The largest absolute Gasteiger partial charge is 0.344 e. The van der Waals surface area contributed by atoms with Crippen LogP contribution in [0.15, 0.2) is 24.3 Å². The molecule has 3 fully saturated rings. The van der Waals surface area contributed by atoms with Gasteiger partial charge in [0.1, 0.15) is 5.52 Å². The van der Waals surface area contributed by atoms with Crippen molar-refractivity contribution in [2.75, 3.05) is 19.6 Å². The Balaban J connectivity index is 1.56. The molecule has 1 atom stereocenters. The maximum absolute atomic E-state index is 12.4. The molecule has 1 unspecified atom stereocenters. The summed E-state index contributed by atoms with van der Waals surface area (Å²) in [4.78, 5) is 14.8. The number of aromatic nitrogens is 3. The Morgan fingerprint density at radius 2 is 2.05 bits per heavy atom. The third kappa shape index (κ3) is 1.87. The molecule has 1 N–H and O–H groups in total. The van der Waals surface area contributed by atoms with Crippen molar-refractivity contribution >= 4 is 17.1 Å². The zero-order valence-electron chi connectivity index (χ0n) is 11.2. The van der Waals surface area contributed by atoms with E-state index >= 15 is 0 Å². The molecule has 20 heavy (non-hydrogen) atoms. The molecule has 4 heterocycles. The average molecular weight is 271 g/mol. The number of amides is 1. The second kappa shape index (κ2) is 4.56. The van der Waals surface area contributed by atoms with Crippen molar-refractivity contribution in [1.82, 2.24) is 25.2 Å². The normalized spacial score (nSPS) is 28.7. The number of hydrogen-bond acceptors (Lipinski definition) is 4. The van der Waals surface area contributed by atoms with Crippen molar-refractivity contribution in [3.63, 3.8) is 0 Å². The van der Waals surface area contributed by atoms with Gasteiger partial charge in [-0.1, -0.05) is 17.3 Å². The highest BCUT2D eigenvalue weighted by molar-refractivity contribution is 5.87. The number of rotatable bonds is 1. The van der Waals surface area contributed by atoms with E-state index in [1.54, 1.807) is 0 Å². The van der Waals surface area contributed by atoms with Gasteiger partial charge in [0.05, 0.1) is 5.52 Å². The molecular weight excluding hydrogens is 254 g/mol. The zero-order valence-corrected chi connectivity index (χ0v) is 11.2. The van der Waals surface area contributed by atoms with Crippen LogP contribution in [0.5, 0.6) is 0 Å². The molecule has 2 bridgehead atoms. The Kier molecular flexibility index (Phi) is 2.70. The number of hydrogen-bond donors (Lipinski definition) is 1. The topological polar surface area (TPSA) is 63.1 Å². The number of piperidine rings is 3. The molecule has 1 aromatic carbocycles. The molecule has 3 saturated heterocycles. The molecule has 0 spiro atoms. The number of benzene rings is 1. The van der Waals surface area contributed by atoms with Crippen LogP contribution in [0.4, 0.5) is 4.79 Å². The molecule has 3 aliphatic rings. The Morgan fingerprint density at radius 1 is 1.25 bits per heavy atom. The zero-order chi connectivity index (χ0) is 13.5. The summed E-state index contributed by atoms with van der Waals surface area (Å²) in [7, 11) is 0. The van der Waals surface area contributed by atoms with Gasteiger partial charge in [0.15, 0.2) is 0 Å². The summed E-state index contributed by atoms with van der Waals surface area (Å²) in [5.41, 5.74) is 1.50. The molecule has 0 saturated carbocycles. The molecule has 0 aliphatic carbocycles. The van der Waals surface area contributed by atoms with Gasteiger partial charge in [0.2, 0.25) is 0 Å². The van der Waals surface area contributed by atoms with Crippen molar-refractivity contribution in [3.8, 4) is 0 Å². The van der Waals surface area contributed by atoms with Crippen molar-refractivity contribution in [1.29, 1.82) is 0 Å². The lowest BCUT2D eigenvalue weighted by Gasteiger charge is -2.44. The van der Waals surface area contributed by atoms with Gasteiger partial charge in [-0.05, 0) is 44.0 Å². The third-order valence-electron chi connectivity index (χ3n) is 4.51. The third-order valence-corrected chi connectivity index (χ3v) is 4.51. The molecular formula is C14H17N5O. The SMILES string of the molecule is O=C(NC1CN2CCC1CC2)n1nnc2ccccc21. The van der Waals surface area contributed by atoms with Gasteiger partial charge >= 0.3 is 6.03 Å². The van der Waals surface area contributed by atoms with Crippen LogP contribution < -0.4 is 5.32 Å². The van der Waals surface area contributed by atoms with Crippen molar-refractivity contribution in [2.24, 2.45) is 5.92 Å². The lowest BCUT2D eigenvalue weighted by atomic mass is 9.84. The van der Waals surface area contributed by atoms with Gasteiger partial charge in [0.25, 0.3) is 0 Å². The first-order chi connectivity index (χ1) is 9.81. The van der Waals surface area contributed by atoms with Crippen LogP contribution >= 0.6 is 0 Å². The first-order valence-electron chi connectivity index (χ1n) is 7.15. The Labute approximate surface area is 116 Å². The Morgan fingerprint density at radius 3 is 2.80 bits per heavy atom. The minimum absolute atomic E-state index is 0.169. The van der Waals surface area contributed by atoms with Crippen LogP contribution in [0.2, 0.25) is 0 Å². The Bertz CT molecular complexity index is 644. The lowest BCUT2D eigenvalue weighted by molar-refractivity contribution is 0.0765. The molecule has 104 valence electrons. The molecule has 2 aromatic rings. The van der Waals surface area contributed by atoms with Gasteiger partial charge in [-0.25, -0.2) is 4.79 Å². The van der Waals surface area contributed by atoms with E-state index in [4.69, 9.17) is 0 Å². The average Bonchev–Trinajstić information content (AvgIpc) is 2.92. The molecule has 0 radical (unpaired) electrons. The van der Waals surface area contributed by atoms with Gasteiger partial charge in [-0.15, -0.1) is 5.10 Å². The number of para-hydroxylation sites is 1. The van der Waals surface area contributed by atoms with E-state index in [0.717, 1.165) is 17.6 Å². The monoisotopic (exact) mass is 271 g/mol. The van der Waals surface area contributed by atoms with Crippen LogP contribution in [0, 0.1) is 5.92 Å². The first kappa shape index (κ1) is 11.8. The smallest absolute Gasteiger partial charge is 0.332 e. The summed E-state index contributed by atoms with van der Waals surface area (Å²) in [5, 5.41) is 11.1. The van der Waals surface area contributed by atoms with Crippen LogP contribution in [-0.4, -0.2) is 51.6 Å². The van der Waals surface area contributed by atoms with Crippen molar-refractivity contribution < 1.29 is 4.79 Å². The van der Waals surface area contributed by atoms with E-state index < -0.39 is 0 Å². The molecule has 6 heteroatoms. The van der Waals surface area contributed by atoms with E-state index in [1.807, 2.05) is 24.3 Å². The van der Waals surface area contributed by atoms with Crippen molar-refractivity contribution in [3.05, 3.63) is 24.3 Å². The van der Waals surface area contributed by atoms with E-state index in [0.29, 0.717) is 5.92 Å². The summed E-state index contributed by atoms with van der Waals surface area (Å²) in [6, 6.07) is 7.59. The lowest BCUT2D eigenvalue weighted by Crippen LogP contribution is -2.57. The van der Waals surface area contributed by atoms with E-state index in [9.17, 15) is 4.79 Å². The van der Waals surface area contributed by atoms with Gasteiger partial charge in [0, 0.05) is 12.6 Å². The summed E-state index contributed by atoms with van der Waals surface area (Å²) in [6.45, 7) is 3.30. The molecule has 1 amide bonds. The van der Waals surface area contributed by atoms with Gasteiger partial charge in [-0.2, -0.15) is 4.68 Å². The molecule has 3 aliphatic heterocycles. The quantitative estimate of drug-likeness (QED) is 0.843. The second-order valence-electron chi connectivity index (χ2n) is 5.68. The summed E-state index contributed by atoms with van der Waals surface area (Å²) >= 11 is 0. The highest BCUT2D eigenvalue weighted by Crippen LogP contribution is 2.27. The fourth-order valence-electron chi connectivity index (χ4n) is 3.37. The highest BCUT2D eigenvalue weighted by atomic mass is 16.2. The molecule has 1 aromatic heterocycles. The number of nitrogens with zero attached hydrogens (tertiary/aromatic N) is 4. The van der Waals surface area contributed by atoms with Crippen LogP contribution in [0.1, 0.15) is 12.8 Å². The van der Waals surface area contributed by atoms with Crippen LogP contribution in [0.25, 0.3) is 11.0 Å². The van der Waals surface area contributed by atoms with Crippen molar-refractivity contribution in [2.45, 2.75) is 18.9 Å². The predicted octanol–water partition coefficient (Wildman–Crippen LogP) is 1.08. The number of fused-ring (bicyclic) bond motifs is 4. The molecule has 5 rings (SSSR count). The highest BCUT2D eigenvalue weighted by Gasteiger charge is 2.35. The van der Waals surface area contributed by atoms with Gasteiger partial charge < -0.3 is 10.2 Å². The number of carbonyl (C=O) groups is 1. The van der Waals surface area contributed by atoms with E-state index in [2.05, 4.69) is 20.5 Å². The maximum Gasteiger partial charge on any atom is 0.344 e. The predicted molar refractivity (Wildman–Crippen MR) is 74.4 cm³/mol. The molecule has 6 nitrogen and oxygen atoms in total. The summed E-state index contributed by atoms with van der Waals surface area (Å²) < 4.78 is 1.37. The summed E-state index contributed by atoms with van der Waals surface area (Å²) in [6.07, 6.45) is 2.37. The maximum atomic E-state index is 12.4. The standard InChI is InChI=1S/C14H17N5O/c20-14(15-12-9-18-7-5-10(12)6-8-18)19-13-4-2-1-3-11(13)16-17-19/h1-4,10,12H,5-9H2,(H,15,20). The minimum atomic E-state index is -0.169. The van der Waals surface area contributed by atoms with E-state index in [1.165, 1.54) is 30.6 Å². The first-order valence-corrected chi connectivity index (χ1v) is 7.15. The summed E-state index contributed by atoms with van der Waals surface area (Å²) in [5.74, 6) is 0.610. The van der Waals surface area contributed by atoms with Crippen LogP contribution in [-0.2, 0) is 0 Å². The fraction of sp³-hybridized carbons (Fsp3) is 0.500. The minimum Gasteiger partial charge on any atom is -0.332 e. The van der Waals surface area contributed by atoms with E-state index in [-0.39, 0.29) is 12.1 Å². The second-order valence-corrected chi connectivity index (χ2v) is 5.68. The fourth-order valence-corrected chi connectivity index (χ4v) is 3.37. The van der Waals surface area contributed by atoms with Gasteiger partial charge in [-0.3, -0.25) is 0 Å².